The average Bonchev–Trinajstić information content (AvgIpc) is 2.91. The minimum atomic E-state index is -0.177. The zero-order chi connectivity index (χ0) is 14.8. The van der Waals surface area contributed by atoms with Gasteiger partial charge in [0, 0.05) is 12.1 Å². The van der Waals surface area contributed by atoms with Crippen LogP contribution in [0.2, 0.25) is 0 Å². The zero-order valence-electron chi connectivity index (χ0n) is 12.2. The van der Waals surface area contributed by atoms with E-state index in [0.717, 1.165) is 16.6 Å². The van der Waals surface area contributed by atoms with Gasteiger partial charge in [0.05, 0.1) is 23.4 Å². The van der Waals surface area contributed by atoms with Gasteiger partial charge in [0.1, 0.15) is 5.82 Å². The fraction of sp³-hybridized carbons (Fsp3) is 0.235. The summed E-state index contributed by atoms with van der Waals surface area (Å²) in [6.45, 7) is 2.61. The summed E-state index contributed by atoms with van der Waals surface area (Å²) in [6, 6.07) is 13.1. The molecule has 0 saturated heterocycles. The van der Waals surface area contributed by atoms with Crippen LogP contribution in [-0.2, 0) is 6.54 Å². The lowest BCUT2D eigenvalue weighted by atomic mass is 10.0. The van der Waals surface area contributed by atoms with E-state index in [1.54, 1.807) is 6.07 Å². The Morgan fingerprint density at radius 2 is 2.05 bits per heavy atom. The van der Waals surface area contributed by atoms with Crippen LogP contribution in [0.25, 0.3) is 11.0 Å². The summed E-state index contributed by atoms with van der Waals surface area (Å²) in [5.41, 5.74) is 3.76. The maximum absolute atomic E-state index is 14.1. The first-order chi connectivity index (χ1) is 10.2. The second kappa shape index (κ2) is 5.66. The van der Waals surface area contributed by atoms with Gasteiger partial charge < -0.3 is 9.88 Å². The molecular weight excluding hydrogens is 265 g/mol. The van der Waals surface area contributed by atoms with Crippen molar-refractivity contribution in [1.82, 2.24) is 14.9 Å². The number of aromatic nitrogens is 2. The lowest BCUT2D eigenvalue weighted by Crippen LogP contribution is -2.23. The van der Waals surface area contributed by atoms with Gasteiger partial charge in [-0.15, -0.1) is 0 Å². The fourth-order valence-electron chi connectivity index (χ4n) is 2.63. The molecule has 0 spiro atoms. The molecule has 0 radical (unpaired) electrons. The number of nitrogens with one attached hydrogen (secondary N) is 1. The Balaban J connectivity index is 1.96. The van der Waals surface area contributed by atoms with Gasteiger partial charge in [0.2, 0.25) is 0 Å². The molecule has 0 aliphatic heterocycles. The molecule has 1 unspecified atom stereocenters. The molecule has 0 aliphatic rings. The number of aryl methyl sites for hydroxylation is 1. The highest BCUT2D eigenvalue weighted by Gasteiger charge is 2.16. The number of benzene rings is 2. The highest BCUT2D eigenvalue weighted by Crippen LogP contribution is 2.22. The molecule has 1 heterocycles. The minimum Gasteiger partial charge on any atom is -0.329 e. The van der Waals surface area contributed by atoms with Crippen molar-refractivity contribution in [2.24, 2.45) is 0 Å². The van der Waals surface area contributed by atoms with E-state index in [1.165, 1.54) is 6.07 Å². The molecule has 0 amide bonds. The first-order valence-corrected chi connectivity index (χ1v) is 7.02. The van der Waals surface area contributed by atoms with Gasteiger partial charge in [-0.3, -0.25) is 0 Å². The third-order valence-corrected chi connectivity index (χ3v) is 3.78. The Hall–Kier alpha value is -2.20. The summed E-state index contributed by atoms with van der Waals surface area (Å²) < 4.78 is 16.1. The number of hydrogen-bond donors (Lipinski definition) is 1. The molecule has 0 saturated carbocycles. The maximum Gasteiger partial charge on any atom is 0.128 e. The SMILES string of the molecule is CNC(Cn1cnc2ccccc21)c1cc(C)ccc1F. The molecule has 108 valence electrons. The van der Waals surface area contributed by atoms with Crippen molar-refractivity contribution < 1.29 is 4.39 Å². The van der Waals surface area contributed by atoms with Crippen molar-refractivity contribution in [1.29, 1.82) is 0 Å². The lowest BCUT2D eigenvalue weighted by Gasteiger charge is -2.19. The maximum atomic E-state index is 14.1. The fourth-order valence-corrected chi connectivity index (χ4v) is 2.63. The van der Waals surface area contributed by atoms with Crippen molar-refractivity contribution in [3.63, 3.8) is 0 Å². The predicted octanol–water partition coefficient (Wildman–Crippen LogP) is 3.44. The lowest BCUT2D eigenvalue weighted by molar-refractivity contribution is 0.479. The number of nitrogens with zero attached hydrogens (tertiary/aromatic N) is 2. The molecule has 1 aromatic heterocycles. The monoisotopic (exact) mass is 283 g/mol. The normalized spacial score (nSPS) is 12.7. The third kappa shape index (κ3) is 2.67. The minimum absolute atomic E-state index is 0.0949. The smallest absolute Gasteiger partial charge is 0.128 e. The van der Waals surface area contributed by atoms with Crippen LogP contribution in [0.5, 0.6) is 0 Å². The highest BCUT2D eigenvalue weighted by molar-refractivity contribution is 5.74. The van der Waals surface area contributed by atoms with E-state index in [4.69, 9.17) is 0 Å². The molecule has 1 atom stereocenters. The summed E-state index contributed by atoms with van der Waals surface area (Å²) in [7, 11) is 1.85. The van der Waals surface area contributed by atoms with E-state index < -0.39 is 0 Å². The van der Waals surface area contributed by atoms with E-state index in [-0.39, 0.29) is 11.9 Å². The Bertz CT molecular complexity index is 764. The Labute approximate surface area is 123 Å². The van der Waals surface area contributed by atoms with E-state index in [1.807, 2.05) is 50.6 Å². The number of likely N-dealkylation sites (N-methyl/N-ethyl adjacent to an activating group) is 1. The molecule has 2 aromatic carbocycles. The molecule has 4 heteroatoms. The van der Waals surface area contributed by atoms with E-state index >= 15 is 0 Å². The number of rotatable bonds is 4. The molecule has 21 heavy (non-hydrogen) atoms. The number of halogens is 1. The zero-order valence-corrected chi connectivity index (χ0v) is 12.2. The van der Waals surface area contributed by atoms with E-state index in [0.29, 0.717) is 12.1 Å². The quantitative estimate of drug-likeness (QED) is 0.795. The molecule has 0 aliphatic carbocycles. The molecule has 0 fully saturated rings. The Morgan fingerprint density at radius 3 is 2.86 bits per heavy atom. The first-order valence-electron chi connectivity index (χ1n) is 7.02. The average molecular weight is 283 g/mol. The van der Waals surface area contributed by atoms with Crippen LogP contribution in [0.1, 0.15) is 17.2 Å². The van der Waals surface area contributed by atoms with E-state index in [9.17, 15) is 4.39 Å². The summed E-state index contributed by atoms with van der Waals surface area (Å²) >= 11 is 0. The Kier molecular flexibility index (Phi) is 3.71. The largest absolute Gasteiger partial charge is 0.329 e. The van der Waals surface area contributed by atoms with Crippen LogP contribution >= 0.6 is 0 Å². The molecule has 3 nitrogen and oxygen atoms in total. The number of hydrogen-bond acceptors (Lipinski definition) is 2. The van der Waals surface area contributed by atoms with Crippen molar-refractivity contribution in [3.8, 4) is 0 Å². The van der Waals surface area contributed by atoms with Crippen LogP contribution in [0.4, 0.5) is 4.39 Å². The van der Waals surface area contributed by atoms with Crippen LogP contribution in [0.15, 0.2) is 48.8 Å². The summed E-state index contributed by atoms with van der Waals surface area (Å²) in [5, 5.41) is 3.20. The molecule has 0 bridgehead atoms. The standard InChI is InChI=1S/C17H18FN3/c1-12-7-8-14(18)13(9-12)16(19-2)10-21-11-20-15-5-3-4-6-17(15)21/h3-9,11,16,19H,10H2,1-2H3. The van der Waals surface area contributed by atoms with Gasteiger partial charge >= 0.3 is 0 Å². The first kappa shape index (κ1) is 13.8. The van der Waals surface area contributed by atoms with Crippen LogP contribution in [-0.4, -0.2) is 16.6 Å². The van der Waals surface area contributed by atoms with Crippen LogP contribution < -0.4 is 5.32 Å². The topological polar surface area (TPSA) is 29.9 Å². The Morgan fingerprint density at radius 1 is 1.24 bits per heavy atom. The number of imidazole rings is 1. The van der Waals surface area contributed by atoms with Gasteiger partial charge in [-0.05, 0) is 32.2 Å². The van der Waals surface area contributed by atoms with Gasteiger partial charge in [-0.1, -0.05) is 29.8 Å². The third-order valence-electron chi connectivity index (χ3n) is 3.78. The highest BCUT2D eigenvalue weighted by atomic mass is 19.1. The van der Waals surface area contributed by atoms with E-state index in [2.05, 4.69) is 14.9 Å². The summed E-state index contributed by atoms with van der Waals surface area (Å²) in [6.07, 6.45) is 1.81. The number of fused-ring (bicyclic) bond motifs is 1. The molecule has 1 N–H and O–H groups in total. The second-order valence-electron chi connectivity index (χ2n) is 5.25. The van der Waals surface area contributed by atoms with Gasteiger partial charge in [0.25, 0.3) is 0 Å². The van der Waals surface area contributed by atoms with Gasteiger partial charge in [0.15, 0.2) is 0 Å². The van der Waals surface area contributed by atoms with Crippen molar-refractivity contribution >= 4 is 11.0 Å². The summed E-state index contributed by atoms with van der Waals surface area (Å²) in [5.74, 6) is -0.177. The molecule has 3 rings (SSSR count). The van der Waals surface area contributed by atoms with Gasteiger partial charge in [-0.2, -0.15) is 0 Å². The van der Waals surface area contributed by atoms with Crippen molar-refractivity contribution in [2.75, 3.05) is 7.05 Å². The van der Waals surface area contributed by atoms with Gasteiger partial charge in [-0.25, -0.2) is 9.37 Å². The second-order valence-corrected chi connectivity index (χ2v) is 5.25. The number of para-hydroxylation sites is 2. The van der Waals surface area contributed by atoms with Crippen LogP contribution in [0.3, 0.4) is 0 Å². The summed E-state index contributed by atoms with van der Waals surface area (Å²) in [4.78, 5) is 4.38. The molecular formula is C17H18FN3. The molecule has 3 aromatic rings. The van der Waals surface area contributed by atoms with Crippen molar-refractivity contribution in [2.45, 2.75) is 19.5 Å². The van der Waals surface area contributed by atoms with Crippen molar-refractivity contribution in [3.05, 3.63) is 65.7 Å². The van der Waals surface area contributed by atoms with Crippen LogP contribution in [0, 0.1) is 12.7 Å². The predicted molar refractivity (Wildman–Crippen MR) is 82.7 cm³/mol.